The number of hydrogen-bond acceptors (Lipinski definition) is 6. The first kappa shape index (κ1) is 29.2. The Bertz CT molecular complexity index is 1420. The largest absolute Gasteiger partial charge is 0.490 e. The van der Waals surface area contributed by atoms with E-state index in [9.17, 15) is 26.0 Å². The van der Waals surface area contributed by atoms with Crippen molar-refractivity contribution in [2.45, 2.75) is 36.9 Å². The van der Waals surface area contributed by atoms with Crippen LogP contribution in [0.4, 0.5) is 23.4 Å². The molecule has 0 amide bonds. The zero-order valence-electron chi connectivity index (χ0n) is 20.3. The first-order valence-corrected chi connectivity index (χ1v) is 14.5. The maximum atomic E-state index is 14.9. The second-order valence-corrected chi connectivity index (χ2v) is 12.4. The van der Waals surface area contributed by atoms with Gasteiger partial charge < -0.3 is 5.11 Å². The van der Waals surface area contributed by atoms with Gasteiger partial charge in [0, 0.05) is 30.0 Å². The highest BCUT2D eigenvalue weighted by Crippen LogP contribution is 2.57. The number of hydrogen-bond donors (Lipinski definition) is 2. The molecule has 7 nitrogen and oxygen atoms in total. The number of alkyl halides is 3. The Hall–Kier alpha value is -2.74. The van der Waals surface area contributed by atoms with Crippen molar-refractivity contribution in [3.63, 3.8) is 0 Å². The molecule has 2 N–H and O–H groups in total. The Labute approximate surface area is 231 Å². The van der Waals surface area contributed by atoms with E-state index in [1.807, 2.05) is 6.07 Å². The lowest BCUT2D eigenvalue weighted by Gasteiger charge is -2.18. The highest BCUT2D eigenvalue weighted by molar-refractivity contribution is 7.92. The SMILES string of the molecule is O=C(O)C(F)(F)F.O=S(=O)(Nc1cscn1)c1cc(Cl)c(C[C@@H]2CN(Cc3ccccc3)CC23CC3)cc1F. The predicted octanol–water partition coefficient (Wildman–Crippen LogP) is 5.82. The summed E-state index contributed by atoms with van der Waals surface area (Å²) >= 11 is 7.71. The zero-order chi connectivity index (χ0) is 28.4. The maximum Gasteiger partial charge on any atom is 0.490 e. The molecule has 39 heavy (non-hydrogen) atoms. The van der Waals surface area contributed by atoms with Gasteiger partial charge in [0.15, 0.2) is 5.82 Å². The molecule has 5 rings (SSSR count). The van der Waals surface area contributed by atoms with Gasteiger partial charge in [-0.15, -0.1) is 11.3 Å². The Kier molecular flexibility index (Phi) is 8.55. The number of aromatic nitrogens is 1. The standard InChI is InChI=1S/C23H23ClFN3O2S2.C2HF3O2/c24-19-10-21(32(29,30)27-22-13-31-15-26-22)20(25)9-17(19)8-18-12-28(14-23(18)6-7-23)11-16-4-2-1-3-5-16;3-2(4,5)1(6)7/h1-5,9-10,13,15,18,27H,6-8,11-12,14H2;(H,6,7)/t18-;/m1./s1. The number of sulfonamides is 1. The highest BCUT2D eigenvalue weighted by Gasteiger charge is 2.54. The summed E-state index contributed by atoms with van der Waals surface area (Å²) < 4.78 is 74.1. The van der Waals surface area contributed by atoms with E-state index >= 15 is 0 Å². The normalized spacial score (nSPS) is 18.4. The number of likely N-dealkylation sites (tertiary alicyclic amines) is 1. The van der Waals surface area contributed by atoms with E-state index in [2.05, 4.69) is 38.9 Å². The van der Waals surface area contributed by atoms with Gasteiger partial charge in [-0.2, -0.15) is 13.2 Å². The van der Waals surface area contributed by atoms with Gasteiger partial charge in [-0.1, -0.05) is 41.9 Å². The maximum absolute atomic E-state index is 14.9. The molecule has 3 aromatic rings. The number of carboxylic acids is 1. The number of benzene rings is 2. The minimum absolute atomic E-state index is 0.162. The van der Waals surface area contributed by atoms with Crippen molar-refractivity contribution in [2.75, 3.05) is 17.8 Å². The Morgan fingerprint density at radius 3 is 2.46 bits per heavy atom. The fourth-order valence-corrected chi connectivity index (χ4v) is 6.72. The van der Waals surface area contributed by atoms with Gasteiger partial charge in [-0.25, -0.2) is 22.6 Å². The van der Waals surface area contributed by atoms with Crippen molar-refractivity contribution in [3.8, 4) is 0 Å². The van der Waals surface area contributed by atoms with Crippen LogP contribution in [0.15, 0.2) is 58.3 Å². The molecule has 1 aliphatic carbocycles. The van der Waals surface area contributed by atoms with Crippen LogP contribution in [0.1, 0.15) is 24.0 Å². The fraction of sp³-hybridized carbons (Fsp3) is 0.360. The molecule has 1 saturated carbocycles. The Morgan fingerprint density at radius 2 is 1.90 bits per heavy atom. The van der Waals surface area contributed by atoms with Crippen LogP contribution >= 0.6 is 22.9 Å². The third-order valence-electron chi connectivity index (χ3n) is 6.79. The number of aliphatic carboxylic acids is 1. The van der Waals surface area contributed by atoms with E-state index in [1.54, 1.807) is 5.38 Å². The first-order chi connectivity index (χ1) is 18.3. The monoisotopic (exact) mass is 605 g/mol. The van der Waals surface area contributed by atoms with Crippen molar-refractivity contribution >= 4 is 44.7 Å². The van der Waals surface area contributed by atoms with Crippen LogP contribution in [0, 0.1) is 17.2 Å². The van der Waals surface area contributed by atoms with E-state index in [4.69, 9.17) is 21.5 Å². The summed E-state index contributed by atoms with van der Waals surface area (Å²) in [6.07, 6.45) is -2.10. The van der Waals surface area contributed by atoms with E-state index in [0.717, 1.165) is 19.6 Å². The van der Waals surface area contributed by atoms with Gasteiger partial charge in [0.25, 0.3) is 10.0 Å². The van der Waals surface area contributed by atoms with Crippen molar-refractivity contribution in [3.05, 3.63) is 75.3 Å². The van der Waals surface area contributed by atoms with Crippen LogP contribution < -0.4 is 4.72 Å². The molecule has 14 heteroatoms. The van der Waals surface area contributed by atoms with Crippen LogP contribution in [0.5, 0.6) is 0 Å². The molecule has 1 atom stereocenters. The summed E-state index contributed by atoms with van der Waals surface area (Å²) in [5.41, 5.74) is 3.72. The smallest absolute Gasteiger partial charge is 0.475 e. The molecule has 1 aliphatic heterocycles. The summed E-state index contributed by atoms with van der Waals surface area (Å²) in [6, 6.07) is 12.9. The average Bonchev–Trinajstić information content (AvgIpc) is 3.30. The molecule has 1 spiro atoms. The summed E-state index contributed by atoms with van der Waals surface area (Å²) in [7, 11) is -4.11. The number of carbonyl (C=O) groups is 1. The van der Waals surface area contributed by atoms with Gasteiger partial charge in [-0.05, 0) is 53.9 Å². The molecule has 210 valence electrons. The lowest BCUT2D eigenvalue weighted by molar-refractivity contribution is -0.192. The molecular weight excluding hydrogens is 582 g/mol. The lowest BCUT2D eigenvalue weighted by atomic mass is 9.87. The molecule has 2 heterocycles. The third kappa shape index (κ3) is 7.27. The fourth-order valence-electron chi connectivity index (χ4n) is 4.77. The highest BCUT2D eigenvalue weighted by atomic mass is 35.5. The second-order valence-electron chi connectivity index (χ2n) is 9.57. The number of anilines is 1. The molecular formula is C25H24ClF4N3O4S2. The van der Waals surface area contributed by atoms with E-state index < -0.39 is 32.9 Å². The lowest BCUT2D eigenvalue weighted by Crippen LogP contribution is -2.21. The third-order valence-corrected chi connectivity index (χ3v) is 9.10. The van der Waals surface area contributed by atoms with E-state index in [1.165, 1.54) is 47.4 Å². The van der Waals surface area contributed by atoms with Gasteiger partial charge in [0.2, 0.25) is 0 Å². The summed E-state index contributed by atoms with van der Waals surface area (Å²) in [5, 5.41) is 8.95. The number of thiazole rings is 1. The Balaban J connectivity index is 0.000000448. The van der Waals surface area contributed by atoms with E-state index in [-0.39, 0.29) is 16.3 Å². The number of nitrogens with zero attached hydrogens (tertiary/aromatic N) is 2. The zero-order valence-corrected chi connectivity index (χ0v) is 22.7. The topological polar surface area (TPSA) is 99.6 Å². The minimum atomic E-state index is -5.08. The quantitative estimate of drug-likeness (QED) is 0.329. The van der Waals surface area contributed by atoms with Crippen LogP contribution in [-0.2, 0) is 27.8 Å². The predicted molar refractivity (Wildman–Crippen MR) is 139 cm³/mol. The van der Waals surface area contributed by atoms with Crippen LogP contribution in [0.2, 0.25) is 5.02 Å². The summed E-state index contributed by atoms with van der Waals surface area (Å²) in [4.78, 5) is 14.8. The molecule has 1 aromatic heterocycles. The van der Waals surface area contributed by atoms with Crippen LogP contribution in [0.25, 0.3) is 0 Å². The van der Waals surface area contributed by atoms with Crippen molar-refractivity contribution < 1.29 is 35.9 Å². The van der Waals surface area contributed by atoms with E-state index in [0.29, 0.717) is 17.9 Å². The number of rotatable bonds is 7. The number of halogens is 5. The van der Waals surface area contributed by atoms with Crippen LogP contribution in [0.3, 0.4) is 0 Å². The first-order valence-electron chi connectivity index (χ1n) is 11.7. The molecule has 2 aliphatic rings. The Morgan fingerprint density at radius 1 is 1.23 bits per heavy atom. The van der Waals surface area contributed by atoms with Gasteiger partial charge in [0.1, 0.15) is 10.7 Å². The second kappa shape index (κ2) is 11.4. The molecule has 1 saturated heterocycles. The van der Waals surface area contributed by atoms with Crippen molar-refractivity contribution in [1.29, 1.82) is 0 Å². The van der Waals surface area contributed by atoms with Crippen molar-refractivity contribution in [1.82, 2.24) is 9.88 Å². The average molecular weight is 606 g/mol. The van der Waals surface area contributed by atoms with Crippen LogP contribution in [-0.4, -0.2) is 48.6 Å². The molecule has 0 bridgehead atoms. The molecule has 2 aromatic carbocycles. The number of nitrogens with one attached hydrogen (secondary N) is 1. The summed E-state index contributed by atoms with van der Waals surface area (Å²) in [5.74, 6) is -3.02. The van der Waals surface area contributed by atoms with Crippen molar-refractivity contribution in [2.24, 2.45) is 11.3 Å². The van der Waals surface area contributed by atoms with Gasteiger partial charge in [0.05, 0.1) is 5.51 Å². The molecule has 0 unspecified atom stereocenters. The molecule has 0 radical (unpaired) electrons. The van der Waals surface area contributed by atoms with Gasteiger partial charge >= 0.3 is 12.1 Å². The number of carboxylic acid groups (broad SMARTS) is 1. The van der Waals surface area contributed by atoms with Gasteiger partial charge in [-0.3, -0.25) is 9.62 Å². The molecule has 2 fully saturated rings. The minimum Gasteiger partial charge on any atom is -0.475 e. The summed E-state index contributed by atoms with van der Waals surface area (Å²) in [6.45, 7) is 2.87.